The molecule has 0 aliphatic carbocycles. The molecular weight excluding hydrogens is 413 g/mol. The summed E-state index contributed by atoms with van der Waals surface area (Å²) >= 11 is 1.04. The van der Waals surface area contributed by atoms with E-state index in [1.807, 2.05) is 4.72 Å². The number of amides is 2. The van der Waals surface area contributed by atoms with Gasteiger partial charge in [0.25, 0.3) is 11.8 Å². The van der Waals surface area contributed by atoms with E-state index < -0.39 is 45.3 Å². The first-order valence-corrected chi connectivity index (χ1v) is 10.1. The summed E-state index contributed by atoms with van der Waals surface area (Å²) in [5, 5.41) is 4.10. The molecule has 0 aliphatic rings. The number of thiophene rings is 1. The molecule has 2 rings (SSSR count). The van der Waals surface area contributed by atoms with E-state index in [9.17, 15) is 27.2 Å². The predicted octanol–water partition coefficient (Wildman–Crippen LogP) is 1.08. The number of sulfonamides is 1. The van der Waals surface area contributed by atoms with Crippen molar-refractivity contribution in [1.29, 1.82) is 0 Å². The fourth-order valence-corrected chi connectivity index (χ4v) is 3.59. The smallest absolute Gasteiger partial charge is 0.341 e. The highest BCUT2D eigenvalue weighted by molar-refractivity contribution is 7.89. The Bertz CT molecular complexity index is 1030. The molecule has 2 aromatic rings. The summed E-state index contributed by atoms with van der Waals surface area (Å²) in [6.45, 7) is 1.23. The number of primary amides is 1. The number of halogens is 1. The van der Waals surface area contributed by atoms with E-state index in [2.05, 4.69) is 5.32 Å². The number of nitrogens with one attached hydrogen (secondary N) is 2. The molecule has 1 aromatic heterocycles. The second-order valence-corrected chi connectivity index (χ2v) is 8.22. The molecule has 2 amide bonds. The number of hydrogen-bond acceptors (Lipinski definition) is 7. The van der Waals surface area contributed by atoms with Crippen LogP contribution in [0.3, 0.4) is 0 Å². The third kappa shape index (κ3) is 4.71. The van der Waals surface area contributed by atoms with Crippen LogP contribution in [0.15, 0.2) is 34.5 Å². The number of hydrogen-bond donors (Lipinski definition) is 3. The van der Waals surface area contributed by atoms with E-state index in [0.717, 1.165) is 36.6 Å². The van der Waals surface area contributed by atoms with Crippen LogP contribution in [-0.2, 0) is 19.6 Å². The molecule has 28 heavy (non-hydrogen) atoms. The number of esters is 1. The largest absolute Gasteiger partial charge is 0.449 e. The Morgan fingerprint density at radius 2 is 1.89 bits per heavy atom. The fourth-order valence-electron chi connectivity index (χ4n) is 2.04. The van der Waals surface area contributed by atoms with Crippen molar-refractivity contribution in [2.45, 2.75) is 17.9 Å². The molecule has 0 bridgehead atoms. The highest BCUT2D eigenvalue weighted by Gasteiger charge is 2.24. The van der Waals surface area contributed by atoms with Gasteiger partial charge in [0.1, 0.15) is 10.8 Å². The molecule has 0 radical (unpaired) electrons. The molecule has 1 atom stereocenters. The van der Waals surface area contributed by atoms with E-state index in [-0.39, 0.29) is 15.5 Å². The van der Waals surface area contributed by atoms with Gasteiger partial charge in [-0.15, -0.1) is 11.3 Å². The number of carbonyl (C=O) groups is 3. The van der Waals surface area contributed by atoms with Crippen molar-refractivity contribution < 1.29 is 31.9 Å². The maximum atomic E-state index is 13.9. The van der Waals surface area contributed by atoms with Crippen molar-refractivity contribution in [2.75, 3.05) is 12.4 Å². The minimum atomic E-state index is -3.91. The maximum absolute atomic E-state index is 13.9. The molecule has 0 spiro atoms. The summed E-state index contributed by atoms with van der Waals surface area (Å²) in [7, 11) is -2.75. The Morgan fingerprint density at radius 1 is 1.21 bits per heavy atom. The standard InChI is InChI=1S/C16H16FN3O6S2/c1-8(14(22)20-15-10(13(18)21)5-6-27-15)26-16(23)11-7-9(3-4-12(11)17)28(24,25)19-2/h3-8,19H,1-2H3,(H2,18,21)(H,20,22)/t8-/m1/s1. The maximum Gasteiger partial charge on any atom is 0.341 e. The van der Waals surface area contributed by atoms with Gasteiger partial charge in [-0.1, -0.05) is 0 Å². The molecule has 12 heteroatoms. The van der Waals surface area contributed by atoms with Gasteiger partial charge in [-0.3, -0.25) is 9.59 Å². The normalized spacial score (nSPS) is 12.2. The van der Waals surface area contributed by atoms with E-state index in [4.69, 9.17) is 10.5 Å². The van der Waals surface area contributed by atoms with Gasteiger partial charge in [0, 0.05) is 0 Å². The van der Waals surface area contributed by atoms with Crippen LogP contribution in [0, 0.1) is 5.82 Å². The summed E-state index contributed by atoms with van der Waals surface area (Å²) in [6, 6.07) is 4.01. The molecule has 4 N–H and O–H groups in total. The predicted molar refractivity (Wildman–Crippen MR) is 99.0 cm³/mol. The van der Waals surface area contributed by atoms with Crippen LogP contribution in [0.1, 0.15) is 27.6 Å². The van der Waals surface area contributed by atoms with Gasteiger partial charge in [-0.05, 0) is 43.6 Å². The Balaban J connectivity index is 2.16. The van der Waals surface area contributed by atoms with Gasteiger partial charge in [-0.25, -0.2) is 22.3 Å². The first kappa shape index (κ1) is 21.5. The van der Waals surface area contributed by atoms with Crippen molar-refractivity contribution >= 4 is 44.1 Å². The number of ether oxygens (including phenoxy) is 1. The number of benzene rings is 1. The van der Waals surface area contributed by atoms with Gasteiger partial charge < -0.3 is 15.8 Å². The van der Waals surface area contributed by atoms with Crippen LogP contribution in [-0.4, -0.2) is 39.4 Å². The van der Waals surface area contributed by atoms with Gasteiger partial charge in [0.05, 0.1) is 16.0 Å². The zero-order valence-corrected chi connectivity index (χ0v) is 16.3. The third-order valence-electron chi connectivity index (χ3n) is 3.56. The lowest BCUT2D eigenvalue weighted by Gasteiger charge is -2.14. The third-order valence-corrected chi connectivity index (χ3v) is 5.80. The van der Waals surface area contributed by atoms with Crippen LogP contribution < -0.4 is 15.8 Å². The van der Waals surface area contributed by atoms with Crippen molar-refractivity contribution in [3.63, 3.8) is 0 Å². The summed E-state index contributed by atoms with van der Waals surface area (Å²) in [5.41, 5.74) is 4.62. The molecular formula is C16H16FN3O6S2. The van der Waals surface area contributed by atoms with E-state index in [0.29, 0.717) is 0 Å². The summed E-state index contributed by atoms with van der Waals surface area (Å²) in [6.07, 6.45) is -1.36. The van der Waals surface area contributed by atoms with Crippen LogP contribution in [0.25, 0.3) is 0 Å². The molecule has 0 unspecified atom stereocenters. The van der Waals surface area contributed by atoms with Crippen LogP contribution in [0.4, 0.5) is 9.39 Å². The topological polar surface area (TPSA) is 145 Å². The Hall–Kier alpha value is -2.83. The van der Waals surface area contributed by atoms with Gasteiger partial charge in [0.15, 0.2) is 6.10 Å². The van der Waals surface area contributed by atoms with Crippen LogP contribution >= 0.6 is 11.3 Å². The Morgan fingerprint density at radius 3 is 2.50 bits per heavy atom. The monoisotopic (exact) mass is 429 g/mol. The minimum Gasteiger partial charge on any atom is -0.449 e. The molecule has 0 fully saturated rings. The first-order valence-electron chi connectivity index (χ1n) is 7.69. The second-order valence-electron chi connectivity index (χ2n) is 5.41. The molecule has 0 aliphatic heterocycles. The van der Waals surface area contributed by atoms with Crippen LogP contribution in [0.5, 0.6) is 0 Å². The summed E-state index contributed by atoms with van der Waals surface area (Å²) < 4.78 is 44.5. The quantitative estimate of drug-likeness (QED) is 0.562. The number of anilines is 1. The van der Waals surface area contributed by atoms with Gasteiger partial charge in [0.2, 0.25) is 10.0 Å². The Kier molecular flexibility index (Phi) is 6.48. The molecule has 150 valence electrons. The lowest BCUT2D eigenvalue weighted by molar-refractivity contribution is -0.123. The molecule has 0 saturated carbocycles. The van der Waals surface area contributed by atoms with Crippen molar-refractivity contribution in [3.8, 4) is 0 Å². The van der Waals surface area contributed by atoms with Gasteiger partial charge >= 0.3 is 5.97 Å². The highest BCUT2D eigenvalue weighted by Crippen LogP contribution is 2.23. The zero-order chi connectivity index (χ0) is 21.1. The first-order chi connectivity index (χ1) is 13.1. The fraction of sp³-hybridized carbons (Fsp3) is 0.188. The van der Waals surface area contributed by atoms with Crippen molar-refractivity contribution in [1.82, 2.24) is 4.72 Å². The van der Waals surface area contributed by atoms with Crippen molar-refractivity contribution in [3.05, 3.63) is 46.6 Å². The average Bonchev–Trinajstić information content (AvgIpc) is 3.10. The summed E-state index contributed by atoms with van der Waals surface area (Å²) in [5.74, 6) is -3.76. The van der Waals surface area contributed by atoms with Crippen molar-refractivity contribution in [2.24, 2.45) is 5.73 Å². The number of rotatable bonds is 7. The molecule has 9 nitrogen and oxygen atoms in total. The second kappa shape index (κ2) is 8.46. The lowest BCUT2D eigenvalue weighted by Crippen LogP contribution is -2.30. The number of carbonyl (C=O) groups excluding carboxylic acids is 3. The lowest BCUT2D eigenvalue weighted by atomic mass is 10.2. The molecule has 0 saturated heterocycles. The van der Waals surface area contributed by atoms with E-state index in [1.165, 1.54) is 18.4 Å². The van der Waals surface area contributed by atoms with Crippen LogP contribution in [0.2, 0.25) is 0 Å². The average molecular weight is 429 g/mol. The zero-order valence-electron chi connectivity index (χ0n) is 14.7. The van der Waals surface area contributed by atoms with Gasteiger partial charge in [-0.2, -0.15) is 0 Å². The SMILES string of the molecule is CNS(=O)(=O)c1ccc(F)c(C(=O)O[C@H](C)C(=O)Nc2sccc2C(N)=O)c1. The number of nitrogens with two attached hydrogens (primary N) is 1. The summed E-state index contributed by atoms with van der Waals surface area (Å²) in [4.78, 5) is 35.3. The molecule has 1 aromatic carbocycles. The van der Waals surface area contributed by atoms with E-state index >= 15 is 0 Å². The minimum absolute atomic E-state index is 0.0906. The van der Waals surface area contributed by atoms with E-state index in [1.54, 1.807) is 0 Å². The Labute approximate surface area is 163 Å². The highest BCUT2D eigenvalue weighted by atomic mass is 32.2. The molecule has 1 heterocycles.